The summed E-state index contributed by atoms with van der Waals surface area (Å²) in [6.07, 6.45) is 1.65. The van der Waals surface area contributed by atoms with Gasteiger partial charge in [0.2, 0.25) is 10.0 Å². The van der Waals surface area contributed by atoms with E-state index in [1.165, 1.54) is 4.88 Å². The largest absolute Gasteiger partial charge is 0.384 e. The molecular formula is C15H20N2O2S2. The van der Waals surface area contributed by atoms with Crippen LogP contribution in [0.5, 0.6) is 0 Å². The Morgan fingerprint density at radius 2 is 1.90 bits per heavy atom. The van der Waals surface area contributed by atoms with Crippen molar-refractivity contribution in [2.45, 2.75) is 24.7 Å². The molecule has 0 aliphatic heterocycles. The van der Waals surface area contributed by atoms with E-state index in [9.17, 15) is 8.42 Å². The minimum absolute atomic E-state index is 0.310. The lowest BCUT2D eigenvalue weighted by atomic mass is 10.3. The van der Waals surface area contributed by atoms with Gasteiger partial charge in [-0.3, -0.25) is 0 Å². The van der Waals surface area contributed by atoms with Crippen LogP contribution in [0, 0.1) is 0 Å². The lowest BCUT2D eigenvalue weighted by Crippen LogP contribution is -2.26. The van der Waals surface area contributed by atoms with Crippen LogP contribution in [0.4, 0.5) is 5.69 Å². The second-order valence-corrected chi connectivity index (χ2v) is 7.42. The van der Waals surface area contributed by atoms with E-state index in [1.54, 1.807) is 29.5 Å². The van der Waals surface area contributed by atoms with Crippen LogP contribution in [0.25, 0.3) is 0 Å². The summed E-state index contributed by atoms with van der Waals surface area (Å²) in [4.78, 5) is 1.49. The smallest absolute Gasteiger partial charge is 0.242 e. The maximum atomic E-state index is 12.4. The van der Waals surface area contributed by atoms with Crippen molar-refractivity contribution >= 4 is 27.0 Å². The first-order valence-corrected chi connectivity index (χ1v) is 9.34. The Bertz CT molecular complexity index is 652. The number of hydrogen-bond acceptors (Lipinski definition) is 4. The van der Waals surface area contributed by atoms with Gasteiger partial charge in [0.25, 0.3) is 0 Å². The first-order valence-electron chi connectivity index (χ1n) is 6.98. The zero-order valence-electron chi connectivity index (χ0n) is 12.0. The van der Waals surface area contributed by atoms with Gasteiger partial charge < -0.3 is 5.32 Å². The molecule has 0 saturated heterocycles. The average molecular weight is 324 g/mol. The fourth-order valence-corrected chi connectivity index (χ4v) is 3.87. The first kappa shape index (κ1) is 16.0. The fourth-order valence-electron chi connectivity index (χ4n) is 1.95. The van der Waals surface area contributed by atoms with Gasteiger partial charge in [0, 0.05) is 18.0 Å². The summed E-state index contributed by atoms with van der Waals surface area (Å²) in [5.41, 5.74) is 0.656. The van der Waals surface area contributed by atoms with Crippen molar-refractivity contribution in [1.29, 1.82) is 0 Å². The summed E-state index contributed by atoms with van der Waals surface area (Å²) in [5.74, 6) is 0. The van der Waals surface area contributed by atoms with Gasteiger partial charge in [-0.05, 0) is 36.4 Å². The van der Waals surface area contributed by atoms with Crippen LogP contribution < -0.4 is 10.0 Å². The highest BCUT2D eigenvalue weighted by Crippen LogP contribution is 2.20. The van der Waals surface area contributed by atoms with E-state index in [2.05, 4.69) is 10.0 Å². The van der Waals surface area contributed by atoms with Crippen molar-refractivity contribution < 1.29 is 8.42 Å². The average Bonchev–Trinajstić information content (AvgIpc) is 2.98. The number of hydrogen-bond donors (Lipinski definition) is 2. The van der Waals surface area contributed by atoms with Gasteiger partial charge in [0.15, 0.2) is 0 Å². The number of nitrogens with one attached hydrogen (secondary N) is 2. The van der Waals surface area contributed by atoms with E-state index >= 15 is 0 Å². The number of rotatable bonds is 8. The van der Waals surface area contributed by atoms with Crippen LogP contribution in [0.15, 0.2) is 46.7 Å². The molecule has 1 aromatic carbocycles. The van der Waals surface area contributed by atoms with Crippen molar-refractivity contribution in [3.05, 3.63) is 46.7 Å². The SMILES string of the molecule is CCCNc1ccccc1S(=O)(=O)NCCc1cccs1. The van der Waals surface area contributed by atoms with Gasteiger partial charge in [-0.2, -0.15) is 0 Å². The first-order chi connectivity index (χ1) is 10.1. The van der Waals surface area contributed by atoms with Crippen molar-refractivity contribution in [2.24, 2.45) is 0 Å². The molecule has 2 N–H and O–H groups in total. The molecule has 0 aliphatic rings. The van der Waals surface area contributed by atoms with E-state index in [0.717, 1.165) is 13.0 Å². The predicted molar refractivity (Wildman–Crippen MR) is 88.4 cm³/mol. The Morgan fingerprint density at radius 3 is 2.62 bits per heavy atom. The lowest BCUT2D eigenvalue weighted by Gasteiger charge is -2.12. The van der Waals surface area contributed by atoms with Crippen molar-refractivity contribution in [3.8, 4) is 0 Å². The number of sulfonamides is 1. The van der Waals surface area contributed by atoms with E-state index < -0.39 is 10.0 Å². The van der Waals surface area contributed by atoms with Crippen LogP contribution in [-0.4, -0.2) is 21.5 Å². The Hall–Kier alpha value is -1.37. The molecule has 114 valence electrons. The van der Waals surface area contributed by atoms with Gasteiger partial charge >= 0.3 is 0 Å². The van der Waals surface area contributed by atoms with Gasteiger partial charge in [0.05, 0.1) is 5.69 Å². The summed E-state index contributed by atoms with van der Waals surface area (Å²) >= 11 is 1.64. The lowest BCUT2D eigenvalue weighted by molar-refractivity contribution is 0.582. The summed E-state index contributed by atoms with van der Waals surface area (Å²) in [6.45, 7) is 3.20. The van der Waals surface area contributed by atoms with Crippen molar-refractivity contribution in [2.75, 3.05) is 18.4 Å². The molecule has 1 heterocycles. The molecule has 0 amide bonds. The minimum atomic E-state index is -3.48. The van der Waals surface area contributed by atoms with Gasteiger partial charge in [-0.1, -0.05) is 25.1 Å². The van der Waals surface area contributed by atoms with E-state index in [1.807, 2.05) is 30.5 Å². The molecule has 0 fully saturated rings. The summed E-state index contributed by atoms with van der Waals surface area (Å²) < 4.78 is 27.5. The number of anilines is 1. The molecule has 0 spiro atoms. The number of para-hydroxylation sites is 1. The third-order valence-electron chi connectivity index (χ3n) is 2.99. The molecule has 1 aromatic heterocycles. The molecule has 0 bridgehead atoms. The van der Waals surface area contributed by atoms with E-state index in [4.69, 9.17) is 0 Å². The molecule has 0 saturated carbocycles. The number of thiophene rings is 1. The molecule has 21 heavy (non-hydrogen) atoms. The predicted octanol–water partition coefficient (Wildman–Crippen LogP) is 3.09. The number of benzene rings is 1. The highest BCUT2D eigenvalue weighted by Gasteiger charge is 2.17. The summed E-state index contributed by atoms with van der Waals surface area (Å²) in [5, 5.41) is 5.15. The topological polar surface area (TPSA) is 58.2 Å². The fraction of sp³-hybridized carbons (Fsp3) is 0.333. The van der Waals surface area contributed by atoms with Crippen molar-refractivity contribution in [1.82, 2.24) is 4.72 Å². The normalized spacial score (nSPS) is 11.5. The Balaban J connectivity index is 2.04. The van der Waals surface area contributed by atoms with Gasteiger partial charge in [-0.15, -0.1) is 11.3 Å². The highest BCUT2D eigenvalue weighted by molar-refractivity contribution is 7.89. The second kappa shape index (κ2) is 7.59. The third kappa shape index (κ3) is 4.56. The quantitative estimate of drug-likeness (QED) is 0.784. The molecule has 6 heteroatoms. The molecule has 0 radical (unpaired) electrons. The zero-order chi connectivity index (χ0) is 15.1. The van der Waals surface area contributed by atoms with Crippen LogP contribution in [0.1, 0.15) is 18.2 Å². The maximum absolute atomic E-state index is 12.4. The monoisotopic (exact) mass is 324 g/mol. The van der Waals surface area contributed by atoms with E-state index in [-0.39, 0.29) is 0 Å². The van der Waals surface area contributed by atoms with Crippen LogP contribution in [-0.2, 0) is 16.4 Å². The Kier molecular flexibility index (Phi) is 5.78. The van der Waals surface area contributed by atoms with Crippen LogP contribution in [0.2, 0.25) is 0 Å². The molecule has 2 rings (SSSR count). The molecule has 4 nitrogen and oxygen atoms in total. The van der Waals surface area contributed by atoms with Crippen LogP contribution in [0.3, 0.4) is 0 Å². The molecule has 2 aromatic rings. The second-order valence-electron chi connectivity index (χ2n) is 4.65. The third-order valence-corrected chi connectivity index (χ3v) is 5.44. The van der Waals surface area contributed by atoms with Gasteiger partial charge in [-0.25, -0.2) is 13.1 Å². The van der Waals surface area contributed by atoms with Gasteiger partial charge in [0.1, 0.15) is 4.90 Å². The Labute approximate surface area is 130 Å². The van der Waals surface area contributed by atoms with Crippen LogP contribution >= 0.6 is 11.3 Å². The molecule has 0 unspecified atom stereocenters. The standard InChI is InChI=1S/C15H20N2O2S2/c1-2-10-16-14-7-3-4-8-15(14)21(18,19)17-11-9-13-6-5-12-20-13/h3-8,12,16-17H,2,9-11H2,1H3. The summed E-state index contributed by atoms with van der Waals surface area (Å²) in [7, 11) is -3.48. The Morgan fingerprint density at radius 1 is 1.10 bits per heavy atom. The van der Waals surface area contributed by atoms with Crippen molar-refractivity contribution in [3.63, 3.8) is 0 Å². The maximum Gasteiger partial charge on any atom is 0.242 e. The molecule has 0 atom stereocenters. The minimum Gasteiger partial charge on any atom is -0.384 e. The molecular weight excluding hydrogens is 304 g/mol. The zero-order valence-corrected chi connectivity index (χ0v) is 13.6. The highest BCUT2D eigenvalue weighted by atomic mass is 32.2. The molecule has 0 aliphatic carbocycles. The van der Waals surface area contributed by atoms with E-state index in [0.29, 0.717) is 23.5 Å². The summed E-state index contributed by atoms with van der Waals surface area (Å²) in [6, 6.07) is 11.0.